The average molecular weight is 494 g/mol. The lowest BCUT2D eigenvalue weighted by molar-refractivity contribution is -0.142. The van der Waals surface area contributed by atoms with Crippen molar-refractivity contribution in [1.29, 1.82) is 0 Å². The number of guanidine groups is 1. The van der Waals surface area contributed by atoms with Crippen molar-refractivity contribution in [1.82, 2.24) is 25.3 Å². The lowest BCUT2D eigenvalue weighted by atomic mass is 9.90. The number of ether oxygens (including phenoxy) is 1. The van der Waals surface area contributed by atoms with E-state index >= 15 is 0 Å². The summed E-state index contributed by atoms with van der Waals surface area (Å²) in [5.74, 6) is -0.695. The number of rotatable bonds is 8. The molecule has 12 nitrogen and oxygen atoms in total. The fourth-order valence-corrected chi connectivity index (χ4v) is 4.43. The van der Waals surface area contributed by atoms with Crippen molar-refractivity contribution >= 4 is 34.6 Å². The van der Waals surface area contributed by atoms with Crippen molar-refractivity contribution in [3.8, 4) is 0 Å². The Labute approximate surface area is 208 Å². The van der Waals surface area contributed by atoms with Crippen LogP contribution in [0.15, 0.2) is 35.7 Å². The molecule has 7 N–H and O–H groups in total. The first-order valence-corrected chi connectivity index (χ1v) is 11.8. The van der Waals surface area contributed by atoms with Gasteiger partial charge in [-0.05, 0) is 31.9 Å². The number of hydrogen-bond acceptors (Lipinski definition) is 8. The van der Waals surface area contributed by atoms with E-state index in [-0.39, 0.29) is 30.3 Å². The Bertz CT molecular complexity index is 1260. The van der Waals surface area contributed by atoms with Gasteiger partial charge in [0.1, 0.15) is 11.9 Å². The standard InChI is InChI=1S/C24H31N9O3/c1-13-7-8-16-15(9-13)20(30-17-5-3-4-6-18(17)32-24(25)26)33-21(29-16)22(34)31-19(23(35)36-2)10-14-11-27-12-28-14/h7-9,11-12,17-19H,3-6,10H2,1-2H3,(H,27,28)(H,31,34)(H4,25,26,32)(H,29,30,33). The van der Waals surface area contributed by atoms with E-state index in [1.807, 2.05) is 25.1 Å². The fraction of sp³-hybridized carbons (Fsp3) is 0.417. The number of aliphatic imine (C=N–C) groups is 1. The van der Waals surface area contributed by atoms with E-state index in [4.69, 9.17) is 16.2 Å². The van der Waals surface area contributed by atoms with Crippen molar-refractivity contribution in [3.05, 3.63) is 47.8 Å². The molecule has 1 fully saturated rings. The van der Waals surface area contributed by atoms with E-state index in [0.717, 1.165) is 36.6 Å². The number of fused-ring (bicyclic) bond motifs is 1. The van der Waals surface area contributed by atoms with E-state index in [0.29, 0.717) is 17.0 Å². The minimum absolute atomic E-state index is 0.0447. The van der Waals surface area contributed by atoms with Crippen LogP contribution in [0.5, 0.6) is 0 Å². The van der Waals surface area contributed by atoms with Gasteiger partial charge < -0.3 is 31.8 Å². The van der Waals surface area contributed by atoms with Crippen LogP contribution < -0.4 is 22.1 Å². The molecule has 0 aliphatic heterocycles. The van der Waals surface area contributed by atoms with Gasteiger partial charge in [-0.3, -0.25) is 4.79 Å². The minimum atomic E-state index is -0.943. The van der Waals surface area contributed by atoms with Crippen molar-refractivity contribution < 1.29 is 14.3 Å². The number of aromatic nitrogens is 4. The molecule has 0 spiro atoms. The third-order valence-corrected chi connectivity index (χ3v) is 6.19. The van der Waals surface area contributed by atoms with E-state index in [2.05, 4.69) is 35.6 Å². The van der Waals surface area contributed by atoms with Crippen LogP contribution in [-0.2, 0) is 16.0 Å². The van der Waals surface area contributed by atoms with Crippen LogP contribution in [0.1, 0.15) is 47.6 Å². The molecule has 3 unspecified atom stereocenters. The van der Waals surface area contributed by atoms with Crippen molar-refractivity contribution in [2.75, 3.05) is 12.4 Å². The summed E-state index contributed by atoms with van der Waals surface area (Å²) in [6.07, 6.45) is 7.02. The molecule has 3 atom stereocenters. The molecule has 4 rings (SSSR count). The Morgan fingerprint density at radius 1 is 1.25 bits per heavy atom. The number of hydrogen-bond donors (Lipinski definition) is 5. The molecule has 0 bridgehead atoms. The molecule has 1 aromatic carbocycles. The molecule has 1 aliphatic rings. The zero-order chi connectivity index (χ0) is 25.7. The van der Waals surface area contributed by atoms with Crippen LogP contribution in [-0.4, -0.2) is 63.0 Å². The van der Waals surface area contributed by atoms with Crippen LogP contribution in [0.25, 0.3) is 10.9 Å². The van der Waals surface area contributed by atoms with Gasteiger partial charge in [0.25, 0.3) is 5.91 Å². The number of carbonyl (C=O) groups excluding carboxylic acids is 2. The minimum Gasteiger partial charge on any atom is -0.467 e. The Morgan fingerprint density at radius 3 is 2.78 bits per heavy atom. The number of nitrogens with two attached hydrogens (primary N) is 2. The number of imidazole rings is 1. The van der Waals surface area contributed by atoms with Crippen LogP contribution >= 0.6 is 0 Å². The number of esters is 1. The quantitative estimate of drug-likeness (QED) is 0.174. The third kappa shape index (κ3) is 5.88. The normalized spacial score (nSPS) is 18.3. The highest BCUT2D eigenvalue weighted by Gasteiger charge is 2.28. The third-order valence-electron chi connectivity index (χ3n) is 6.19. The lowest BCUT2D eigenvalue weighted by Gasteiger charge is -2.30. The Hall–Kier alpha value is -4.22. The van der Waals surface area contributed by atoms with Gasteiger partial charge in [-0.1, -0.05) is 24.5 Å². The maximum absolute atomic E-state index is 13.2. The molecule has 190 valence electrons. The summed E-state index contributed by atoms with van der Waals surface area (Å²) in [7, 11) is 1.27. The zero-order valence-corrected chi connectivity index (χ0v) is 20.3. The van der Waals surface area contributed by atoms with Gasteiger partial charge in [0, 0.05) is 23.7 Å². The Kier molecular flexibility index (Phi) is 7.62. The second-order valence-electron chi connectivity index (χ2n) is 8.90. The van der Waals surface area contributed by atoms with Crippen LogP contribution in [0.3, 0.4) is 0 Å². The Morgan fingerprint density at radius 2 is 2.06 bits per heavy atom. The predicted octanol–water partition coefficient (Wildman–Crippen LogP) is 1.17. The summed E-state index contributed by atoms with van der Waals surface area (Å²) in [5, 5.41) is 6.95. The maximum Gasteiger partial charge on any atom is 0.328 e. The van der Waals surface area contributed by atoms with Gasteiger partial charge in [0.2, 0.25) is 5.82 Å². The summed E-state index contributed by atoms with van der Waals surface area (Å²) in [6.45, 7) is 1.98. The average Bonchev–Trinajstić information content (AvgIpc) is 3.37. The number of amides is 1. The number of aryl methyl sites for hydroxylation is 1. The number of methoxy groups -OCH3 is 1. The van der Waals surface area contributed by atoms with E-state index < -0.39 is 17.9 Å². The monoisotopic (exact) mass is 493 g/mol. The molecule has 2 aromatic heterocycles. The highest BCUT2D eigenvalue weighted by molar-refractivity contribution is 5.98. The zero-order valence-electron chi connectivity index (χ0n) is 20.3. The smallest absolute Gasteiger partial charge is 0.328 e. The lowest BCUT2D eigenvalue weighted by Crippen LogP contribution is -2.44. The first kappa shape index (κ1) is 24.9. The number of benzene rings is 1. The molecule has 36 heavy (non-hydrogen) atoms. The summed E-state index contributed by atoms with van der Waals surface area (Å²) >= 11 is 0. The first-order valence-electron chi connectivity index (χ1n) is 11.8. The summed E-state index contributed by atoms with van der Waals surface area (Å²) in [5.41, 5.74) is 13.6. The summed E-state index contributed by atoms with van der Waals surface area (Å²) < 4.78 is 4.88. The number of H-pyrrole nitrogens is 1. The van der Waals surface area contributed by atoms with Crippen LogP contribution in [0.2, 0.25) is 0 Å². The van der Waals surface area contributed by atoms with Gasteiger partial charge >= 0.3 is 5.97 Å². The second-order valence-corrected chi connectivity index (χ2v) is 8.90. The van der Waals surface area contributed by atoms with Crippen LogP contribution in [0, 0.1) is 6.92 Å². The first-order chi connectivity index (χ1) is 17.3. The van der Waals surface area contributed by atoms with Crippen molar-refractivity contribution in [3.63, 3.8) is 0 Å². The maximum atomic E-state index is 13.2. The number of aromatic amines is 1. The summed E-state index contributed by atoms with van der Waals surface area (Å²) in [6, 6.07) is 4.62. The second kappa shape index (κ2) is 11.0. The molecule has 2 heterocycles. The molecule has 0 radical (unpaired) electrons. The van der Waals surface area contributed by atoms with Gasteiger partial charge in [0.05, 0.1) is 31.0 Å². The van der Waals surface area contributed by atoms with Gasteiger partial charge in [-0.25, -0.2) is 24.7 Å². The van der Waals surface area contributed by atoms with Gasteiger partial charge in [-0.15, -0.1) is 0 Å². The van der Waals surface area contributed by atoms with Gasteiger partial charge in [0.15, 0.2) is 5.96 Å². The SMILES string of the molecule is COC(=O)C(Cc1cnc[nH]1)NC(=O)c1nc(NC2CCCCC2N=C(N)N)c2cc(C)ccc2n1. The molecule has 1 saturated carbocycles. The molecule has 3 aromatic rings. The summed E-state index contributed by atoms with van der Waals surface area (Å²) in [4.78, 5) is 45.9. The molecular weight excluding hydrogens is 462 g/mol. The number of anilines is 1. The van der Waals surface area contributed by atoms with E-state index in [1.54, 1.807) is 6.20 Å². The topological polar surface area (TPSA) is 186 Å². The van der Waals surface area contributed by atoms with Crippen molar-refractivity contribution in [2.45, 2.75) is 57.2 Å². The van der Waals surface area contributed by atoms with Gasteiger partial charge in [-0.2, -0.15) is 0 Å². The predicted molar refractivity (Wildman–Crippen MR) is 135 cm³/mol. The highest BCUT2D eigenvalue weighted by atomic mass is 16.5. The molecule has 1 amide bonds. The molecule has 0 saturated heterocycles. The number of nitrogens with one attached hydrogen (secondary N) is 3. The van der Waals surface area contributed by atoms with E-state index in [1.165, 1.54) is 13.4 Å². The highest BCUT2D eigenvalue weighted by Crippen LogP contribution is 2.28. The van der Waals surface area contributed by atoms with Crippen molar-refractivity contribution in [2.24, 2.45) is 16.5 Å². The largest absolute Gasteiger partial charge is 0.467 e. The number of nitrogens with zero attached hydrogens (tertiary/aromatic N) is 4. The molecule has 12 heteroatoms. The van der Waals surface area contributed by atoms with E-state index in [9.17, 15) is 9.59 Å². The fourth-order valence-electron chi connectivity index (χ4n) is 4.43. The van der Waals surface area contributed by atoms with Crippen LogP contribution in [0.4, 0.5) is 5.82 Å². The Balaban J connectivity index is 1.65. The molecule has 1 aliphatic carbocycles. The number of carbonyl (C=O) groups is 2. The molecular formula is C24H31N9O3.